The Labute approximate surface area is 68.9 Å². The second kappa shape index (κ2) is 2.51. The van der Waals surface area contributed by atoms with Gasteiger partial charge >= 0.3 is 0 Å². The normalized spacial score (nSPS) is 10.3. The van der Waals surface area contributed by atoms with Gasteiger partial charge in [0.1, 0.15) is 0 Å². The molecule has 1 aromatic carbocycles. The lowest BCUT2D eigenvalue weighted by molar-refractivity contribution is 1.07. The zero-order valence-corrected chi connectivity index (χ0v) is 6.93. The first kappa shape index (κ1) is 6.61. The molecule has 11 heavy (non-hydrogen) atoms. The van der Waals surface area contributed by atoms with E-state index >= 15 is 0 Å². The molecule has 0 bridgehead atoms. The van der Waals surface area contributed by atoms with Gasteiger partial charge in [0, 0.05) is 7.05 Å². The van der Waals surface area contributed by atoms with Crippen LogP contribution in [0.25, 0.3) is 10.2 Å². The first-order valence-corrected chi connectivity index (χ1v) is 4.17. The molecule has 0 amide bonds. The van der Waals surface area contributed by atoms with E-state index in [1.807, 2.05) is 18.2 Å². The summed E-state index contributed by atoms with van der Waals surface area (Å²) >= 11 is 1.62. The Morgan fingerprint density at radius 3 is 2.91 bits per heavy atom. The monoisotopic (exact) mass is 163 g/mol. The number of hydrogen-bond donors (Lipinski definition) is 0. The maximum atomic E-state index is 4.28. The van der Waals surface area contributed by atoms with Crippen molar-refractivity contribution < 1.29 is 0 Å². The van der Waals surface area contributed by atoms with Crippen molar-refractivity contribution in [1.29, 1.82) is 0 Å². The SMILES string of the molecule is C[N]c1nc2ccccc2s1. The summed E-state index contributed by atoms with van der Waals surface area (Å²) in [5, 5.41) is 4.87. The summed E-state index contributed by atoms with van der Waals surface area (Å²) in [5.41, 5.74) is 1.04. The fraction of sp³-hybridized carbons (Fsp3) is 0.125. The highest BCUT2D eigenvalue weighted by atomic mass is 32.1. The number of benzene rings is 1. The number of rotatable bonds is 1. The summed E-state index contributed by atoms with van der Waals surface area (Å²) in [6.07, 6.45) is 0. The Morgan fingerprint density at radius 1 is 1.36 bits per heavy atom. The second-order valence-corrected chi connectivity index (χ2v) is 3.20. The fourth-order valence-corrected chi connectivity index (χ4v) is 1.75. The molecule has 2 rings (SSSR count). The Morgan fingerprint density at radius 2 is 2.18 bits per heavy atom. The number of aromatic nitrogens is 1. The lowest BCUT2D eigenvalue weighted by Gasteiger charge is -1.80. The van der Waals surface area contributed by atoms with Gasteiger partial charge in [-0.15, -0.1) is 0 Å². The van der Waals surface area contributed by atoms with Gasteiger partial charge in [-0.2, -0.15) is 0 Å². The van der Waals surface area contributed by atoms with Gasteiger partial charge < -0.3 is 0 Å². The van der Waals surface area contributed by atoms with E-state index in [4.69, 9.17) is 0 Å². The van der Waals surface area contributed by atoms with E-state index in [1.165, 1.54) is 4.70 Å². The van der Waals surface area contributed by atoms with Gasteiger partial charge in [-0.25, -0.2) is 4.98 Å². The minimum atomic E-state index is 0.853. The predicted octanol–water partition coefficient (Wildman–Crippen LogP) is 2.16. The van der Waals surface area contributed by atoms with E-state index in [-0.39, 0.29) is 0 Å². The van der Waals surface area contributed by atoms with Crippen LogP contribution >= 0.6 is 11.3 Å². The summed E-state index contributed by atoms with van der Waals surface area (Å²) < 4.78 is 1.20. The summed E-state index contributed by atoms with van der Waals surface area (Å²) in [6.45, 7) is 0. The zero-order valence-electron chi connectivity index (χ0n) is 6.11. The van der Waals surface area contributed by atoms with E-state index in [0.29, 0.717) is 0 Å². The zero-order chi connectivity index (χ0) is 7.68. The molecule has 1 heterocycles. The average molecular weight is 163 g/mol. The molecule has 1 aromatic heterocycles. The Kier molecular flexibility index (Phi) is 1.51. The second-order valence-electron chi connectivity index (χ2n) is 2.19. The quantitative estimate of drug-likeness (QED) is 0.633. The van der Waals surface area contributed by atoms with Crippen molar-refractivity contribution in [3.05, 3.63) is 24.3 Å². The number of fused-ring (bicyclic) bond motifs is 1. The van der Waals surface area contributed by atoms with Gasteiger partial charge in [-0.1, -0.05) is 23.5 Å². The van der Waals surface area contributed by atoms with Gasteiger partial charge in [0.2, 0.25) is 5.13 Å². The lowest BCUT2D eigenvalue weighted by atomic mass is 10.3. The van der Waals surface area contributed by atoms with Crippen molar-refractivity contribution in [3.8, 4) is 0 Å². The molecule has 0 aliphatic rings. The number of hydrogen-bond acceptors (Lipinski definition) is 2. The van der Waals surface area contributed by atoms with Crippen LogP contribution in [0.2, 0.25) is 0 Å². The molecule has 0 atom stereocenters. The summed E-state index contributed by atoms with van der Waals surface area (Å²) in [6, 6.07) is 8.06. The van der Waals surface area contributed by atoms with Gasteiger partial charge in [0.25, 0.3) is 0 Å². The molecule has 0 unspecified atom stereocenters. The van der Waals surface area contributed by atoms with Crippen molar-refractivity contribution in [2.45, 2.75) is 0 Å². The molecule has 2 nitrogen and oxygen atoms in total. The molecule has 0 aliphatic heterocycles. The molecule has 0 saturated carbocycles. The third-order valence-electron chi connectivity index (χ3n) is 1.47. The molecular weight excluding hydrogens is 156 g/mol. The van der Waals surface area contributed by atoms with Crippen LogP contribution in [0, 0.1) is 0 Å². The Balaban J connectivity index is 2.69. The van der Waals surface area contributed by atoms with Crippen LogP contribution in [0.5, 0.6) is 0 Å². The summed E-state index contributed by atoms with van der Waals surface area (Å²) in [5.74, 6) is 0. The van der Waals surface area contributed by atoms with Gasteiger partial charge in [-0.05, 0) is 12.1 Å². The summed E-state index contributed by atoms with van der Waals surface area (Å²) in [4.78, 5) is 4.28. The summed E-state index contributed by atoms with van der Waals surface area (Å²) in [7, 11) is 1.76. The highest BCUT2D eigenvalue weighted by Crippen LogP contribution is 2.24. The lowest BCUT2D eigenvalue weighted by Crippen LogP contribution is -1.82. The fourth-order valence-electron chi connectivity index (χ4n) is 0.956. The van der Waals surface area contributed by atoms with Crippen molar-refractivity contribution in [2.24, 2.45) is 0 Å². The molecule has 1 radical (unpaired) electrons. The first-order chi connectivity index (χ1) is 5.40. The van der Waals surface area contributed by atoms with Crippen molar-refractivity contribution in [2.75, 3.05) is 7.05 Å². The molecular formula is C8H7N2S. The van der Waals surface area contributed by atoms with E-state index in [0.717, 1.165) is 10.6 Å². The third-order valence-corrected chi connectivity index (χ3v) is 2.50. The minimum absolute atomic E-state index is 0.853. The van der Waals surface area contributed by atoms with Crippen LogP contribution in [-0.2, 0) is 0 Å². The molecule has 55 valence electrons. The van der Waals surface area contributed by atoms with E-state index in [1.54, 1.807) is 18.4 Å². The van der Waals surface area contributed by atoms with Crippen molar-refractivity contribution in [3.63, 3.8) is 0 Å². The van der Waals surface area contributed by atoms with Crippen LogP contribution in [0.4, 0.5) is 5.13 Å². The number of para-hydroxylation sites is 1. The molecule has 0 fully saturated rings. The van der Waals surface area contributed by atoms with Crippen molar-refractivity contribution >= 4 is 26.7 Å². The number of nitrogens with zero attached hydrogens (tertiary/aromatic N) is 2. The van der Waals surface area contributed by atoms with Crippen LogP contribution < -0.4 is 5.32 Å². The van der Waals surface area contributed by atoms with Crippen LogP contribution in [0.15, 0.2) is 24.3 Å². The smallest absolute Gasteiger partial charge is 0.205 e. The maximum Gasteiger partial charge on any atom is 0.205 e. The Bertz CT molecular complexity index is 334. The van der Waals surface area contributed by atoms with E-state index in [2.05, 4.69) is 16.4 Å². The molecule has 0 aliphatic carbocycles. The highest BCUT2D eigenvalue weighted by molar-refractivity contribution is 7.21. The molecule has 2 aromatic rings. The topological polar surface area (TPSA) is 27.0 Å². The predicted molar refractivity (Wildman–Crippen MR) is 47.3 cm³/mol. The van der Waals surface area contributed by atoms with Crippen LogP contribution in [-0.4, -0.2) is 12.0 Å². The van der Waals surface area contributed by atoms with Gasteiger partial charge in [0.05, 0.1) is 10.2 Å². The molecule has 0 spiro atoms. The van der Waals surface area contributed by atoms with Gasteiger partial charge in [0.15, 0.2) is 0 Å². The first-order valence-electron chi connectivity index (χ1n) is 3.35. The van der Waals surface area contributed by atoms with Gasteiger partial charge in [-0.3, -0.25) is 5.32 Å². The highest BCUT2D eigenvalue weighted by Gasteiger charge is 1.99. The molecule has 0 N–H and O–H groups in total. The van der Waals surface area contributed by atoms with Crippen LogP contribution in [0.3, 0.4) is 0 Å². The van der Waals surface area contributed by atoms with Crippen LogP contribution in [0.1, 0.15) is 0 Å². The largest absolute Gasteiger partial charge is 0.261 e. The Hall–Kier alpha value is -1.09. The third kappa shape index (κ3) is 1.07. The molecule has 3 heteroatoms. The maximum absolute atomic E-state index is 4.28. The van der Waals surface area contributed by atoms with E-state index in [9.17, 15) is 0 Å². The van der Waals surface area contributed by atoms with Crippen molar-refractivity contribution in [1.82, 2.24) is 10.3 Å². The average Bonchev–Trinajstić information content (AvgIpc) is 2.46. The minimum Gasteiger partial charge on any atom is -0.261 e. The standard InChI is InChI=1S/C8H7N2S/c1-9-8-10-6-4-2-3-5-7(6)11-8/h2-5H,1H3. The molecule has 0 saturated heterocycles. The number of thiazole rings is 1. The van der Waals surface area contributed by atoms with E-state index < -0.39 is 0 Å².